The molecule has 2 atom stereocenters. The number of aliphatic hydroxyl groups is 1. The van der Waals surface area contributed by atoms with E-state index in [0.717, 1.165) is 29.9 Å². The molecule has 1 aliphatic heterocycles. The number of carboxylic acid groups (broad SMARTS) is 1. The molecule has 1 fully saturated rings. The van der Waals surface area contributed by atoms with Crippen LogP contribution in [0.5, 0.6) is 0 Å². The SMILES string of the molecule is O=C(O)C1CC(O)CN1C(=O)Nc1nc2c(s1)CCC2. The molecule has 1 aromatic rings. The molecule has 2 unspecified atom stereocenters. The second-order valence-corrected chi connectivity index (χ2v) is 6.15. The van der Waals surface area contributed by atoms with E-state index >= 15 is 0 Å². The average Bonchev–Trinajstić information content (AvgIpc) is 3.02. The summed E-state index contributed by atoms with van der Waals surface area (Å²) in [6.07, 6.45) is 2.30. The van der Waals surface area contributed by atoms with Gasteiger partial charge in [-0.05, 0) is 19.3 Å². The van der Waals surface area contributed by atoms with Crippen LogP contribution in [0.1, 0.15) is 23.4 Å². The number of amides is 2. The number of carbonyl (C=O) groups is 2. The minimum Gasteiger partial charge on any atom is -0.480 e. The Kier molecular flexibility index (Phi) is 3.35. The Labute approximate surface area is 119 Å². The number of anilines is 1. The summed E-state index contributed by atoms with van der Waals surface area (Å²) in [7, 11) is 0. The Morgan fingerprint density at radius 2 is 2.20 bits per heavy atom. The van der Waals surface area contributed by atoms with Crippen molar-refractivity contribution in [2.45, 2.75) is 37.8 Å². The number of aryl methyl sites for hydroxylation is 2. The molecule has 20 heavy (non-hydrogen) atoms. The molecule has 0 radical (unpaired) electrons. The van der Waals surface area contributed by atoms with Crippen LogP contribution >= 0.6 is 11.3 Å². The van der Waals surface area contributed by atoms with Crippen LogP contribution in [-0.4, -0.2) is 50.8 Å². The van der Waals surface area contributed by atoms with Crippen LogP contribution in [-0.2, 0) is 17.6 Å². The van der Waals surface area contributed by atoms with Crippen LogP contribution in [0.3, 0.4) is 0 Å². The van der Waals surface area contributed by atoms with Crippen LogP contribution in [0.4, 0.5) is 9.93 Å². The molecule has 1 aromatic heterocycles. The van der Waals surface area contributed by atoms with Crippen LogP contribution in [0.25, 0.3) is 0 Å². The Morgan fingerprint density at radius 3 is 2.90 bits per heavy atom. The fourth-order valence-corrected chi connectivity index (χ4v) is 3.72. The van der Waals surface area contributed by atoms with Crippen LogP contribution in [0.15, 0.2) is 0 Å². The van der Waals surface area contributed by atoms with E-state index in [1.807, 2.05) is 0 Å². The van der Waals surface area contributed by atoms with Gasteiger partial charge in [0.15, 0.2) is 5.13 Å². The highest BCUT2D eigenvalue weighted by Crippen LogP contribution is 2.31. The van der Waals surface area contributed by atoms with Crippen molar-refractivity contribution in [3.8, 4) is 0 Å². The first kappa shape index (κ1) is 13.3. The van der Waals surface area contributed by atoms with E-state index in [0.29, 0.717) is 5.13 Å². The zero-order valence-electron chi connectivity index (χ0n) is 10.7. The third kappa shape index (κ3) is 2.36. The lowest BCUT2D eigenvalue weighted by atomic mass is 10.2. The molecule has 3 rings (SSSR count). The number of fused-ring (bicyclic) bond motifs is 1. The minimum absolute atomic E-state index is 0.0356. The third-order valence-corrected chi connectivity index (χ3v) is 4.71. The number of carbonyl (C=O) groups excluding carboxylic acids is 1. The number of hydrogen-bond acceptors (Lipinski definition) is 5. The number of aromatic nitrogens is 1. The number of urea groups is 1. The smallest absolute Gasteiger partial charge is 0.326 e. The van der Waals surface area contributed by atoms with E-state index in [-0.39, 0.29) is 13.0 Å². The van der Waals surface area contributed by atoms with Crippen molar-refractivity contribution in [3.05, 3.63) is 10.6 Å². The molecule has 1 saturated heterocycles. The number of nitrogens with zero attached hydrogens (tertiary/aromatic N) is 2. The maximum atomic E-state index is 12.1. The maximum Gasteiger partial charge on any atom is 0.326 e. The second kappa shape index (κ2) is 5.02. The summed E-state index contributed by atoms with van der Waals surface area (Å²) in [6.45, 7) is 0.0356. The van der Waals surface area contributed by atoms with Crippen molar-refractivity contribution >= 4 is 28.5 Å². The summed E-state index contributed by atoms with van der Waals surface area (Å²) in [6, 6.07) is -1.49. The van der Waals surface area contributed by atoms with Crippen LogP contribution < -0.4 is 5.32 Å². The van der Waals surface area contributed by atoms with Gasteiger partial charge in [0.25, 0.3) is 0 Å². The van der Waals surface area contributed by atoms with Gasteiger partial charge in [-0.2, -0.15) is 0 Å². The molecule has 1 aliphatic carbocycles. The standard InChI is InChI=1S/C12H15N3O4S/c16-6-4-8(10(17)18)15(5-6)12(19)14-11-13-7-2-1-3-9(7)20-11/h6,8,16H,1-5H2,(H,17,18)(H,13,14,19). The van der Waals surface area contributed by atoms with Gasteiger partial charge in [-0.15, -0.1) is 11.3 Å². The number of likely N-dealkylation sites (tertiary alicyclic amines) is 1. The molecule has 2 heterocycles. The zero-order valence-corrected chi connectivity index (χ0v) is 11.5. The maximum absolute atomic E-state index is 12.1. The predicted molar refractivity (Wildman–Crippen MR) is 71.9 cm³/mol. The van der Waals surface area contributed by atoms with Crippen molar-refractivity contribution in [2.24, 2.45) is 0 Å². The predicted octanol–water partition coefficient (Wildman–Crippen LogP) is 0.684. The number of aliphatic carboxylic acids is 1. The van der Waals surface area contributed by atoms with E-state index in [1.165, 1.54) is 16.2 Å². The average molecular weight is 297 g/mol. The van der Waals surface area contributed by atoms with Gasteiger partial charge < -0.3 is 15.1 Å². The fraction of sp³-hybridized carbons (Fsp3) is 0.583. The van der Waals surface area contributed by atoms with Crippen molar-refractivity contribution in [1.29, 1.82) is 0 Å². The molecule has 0 bridgehead atoms. The van der Waals surface area contributed by atoms with E-state index in [1.54, 1.807) is 0 Å². The van der Waals surface area contributed by atoms with Gasteiger partial charge in [-0.1, -0.05) is 0 Å². The first-order valence-electron chi connectivity index (χ1n) is 6.51. The summed E-state index contributed by atoms with van der Waals surface area (Å²) < 4.78 is 0. The van der Waals surface area contributed by atoms with Crippen LogP contribution in [0, 0.1) is 0 Å². The monoisotopic (exact) mass is 297 g/mol. The Hall–Kier alpha value is -1.67. The third-order valence-electron chi connectivity index (χ3n) is 3.63. The highest BCUT2D eigenvalue weighted by molar-refractivity contribution is 7.15. The first-order chi connectivity index (χ1) is 9.54. The second-order valence-electron chi connectivity index (χ2n) is 5.07. The zero-order chi connectivity index (χ0) is 14.3. The lowest BCUT2D eigenvalue weighted by Gasteiger charge is -2.20. The van der Waals surface area contributed by atoms with Gasteiger partial charge in [0, 0.05) is 17.8 Å². The molecule has 0 spiro atoms. The molecule has 2 amide bonds. The lowest BCUT2D eigenvalue weighted by molar-refractivity contribution is -0.141. The molecule has 7 nitrogen and oxygen atoms in total. The molecule has 0 saturated carbocycles. The highest BCUT2D eigenvalue weighted by Gasteiger charge is 2.39. The lowest BCUT2D eigenvalue weighted by Crippen LogP contribution is -2.43. The van der Waals surface area contributed by atoms with Gasteiger partial charge in [-0.25, -0.2) is 14.6 Å². The topological polar surface area (TPSA) is 103 Å². The number of nitrogens with one attached hydrogen (secondary N) is 1. The number of β-amino-alcohol motifs (C(OH)–C–C–N with tert-alkyl or cyclic N) is 1. The van der Waals surface area contributed by atoms with Crippen molar-refractivity contribution < 1.29 is 19.8 Å². The quantitative estimate of drug-likeness (QED) is 0.745. The van der Waals surface area contributed by atoms with E-state index in [4.69, 9.17) is 5.11 Å². The van der Waals surface area contributed by atoms with Gasteiger partial charge in [0.1, 0.15) is 6.04 Å². The van der Waals surface area contributed by atoms with E-state index in [9.17, 15) is 14.7 Å². The number of aliphatic hydroxyl groups excluding tert-OH is 1. The van der Waals surface area contributed by atoms with E-state index in [2.05, 4.69) is 10.3 Å². The summed E-state index contributed by atoms with van der Waals surface area (Å²) in [4.78, 5) is 29.9. The van der Waals surface area contributed by atoms with E-state index < -0.39 is 24.1 Å². The van der Waals surface area contributed by atoms with Crippen molar-refractivity contribution in [1.82, 2.24) is 9.88 Å². The summed E-state index contributed by atoms with van der Waals surface area (Å²) >= 11 is 1.44. The number of rotatable bonds is 2. The summed E-state index contributed by atoms with van der Waals surface area (Å²) in [5, 5.41) is 21.7. The molecule has 108 valence electrons. The van der Waals surface area contributed by atoms with Crippen LogP contribution in [0.2, 0.25) is 0 Å². The molecule has 8 heteroatoms. The Bertz CT molecular complexity index is 537. The first-order valence-corrected chi connectivity index (χ1v) is 7.33. The van der Waals surface area contributed by atoms with Crippen molar-refractivity contribution in [3.63, 3.8) is 0 Å². The summed E-state index contributed by atoms with van der Waals surface area (Å²) in [5.41, 5.74) is 1.03. The van der Waals surface area contributed by atoms with Gasteiger partial charge in [0.2, 0.25) is 0 Å². The normalized spacial score (nSPS) is 24.8. The fourth-order valence-electron chi connectivity index (χ4n) is 2.68. The molecule has 2 aliphatic rings. The molecular formula is C12H15N3O4S. The van der Waals surface area contributed by atoms with Crippen molar-refractivity contribution in [2.75, 3.05) is 11.9 Å². The largest absolute Gasteiger partial charge is 0.480 e. The highest BCUT2D eigenvalue weighted by atomic mass is 32.1. The van der Waals surface area contributed by atoms with Gasteiger partial charge >= 0.3 is 12.0 Å². The molecule has 0 aromatic carbocycles. The Morgan fingerprint density at radius 1 is 1.40 bits per heavy atom. The number of thiazole rings is 1. The minimum atomic E-state index is -1.10. The summed E-state index contributed by atoms with van der Waals surface area (Å²) in [5.74, 6) is -1.10. The van der Waals surface area contributed by atoms with Gasteiger partial charge in [0.05, 0.1) is 11.8 Å². The molecular weight excluding hydrogens is 282 g/mol. The Balaban J connectivity index is 1.70. The molecule has 3 N–H and O–H groups in total. The number of hydrogen-bond donors (Lipinski definition) is 3. The van der Waals surface area contributed by atoms with Gasteiger partial charge in [-0.3, -0.25) is 5.32 Å². The number of carboxylic acids is 1.